The average Bonchev–Trinajstić information content (AvgIpc) is 2.46. The molecule has 2 nitrogen and oxygen atoms in total. The molecule has 2 rings (SSSR count). The van der Waals surface area contributed by atoms with E-state index in [1.54, 1.807) is 7.11 Å². The number of carbonyl (C=O) groups is 1. The number of rotatable bonds is 1. The van der Waals surface area contributed by atoms with Gasteiger partial charge in [-0.15, -0.1) is 0 Å². The molecule has 0 radical (unpaired) electrons. The van der Waals surface area contributed by atoms with E-state index in [1.807, 2.05) is 6.07 Å². The summed E-state index contributed by atoms with van der Waals surface area (Å²) in [6.07, 6.45) is 1.49. The first-order valence-corrected chi connectivity index (χ1v) is 5.20. The second kappa shape index (κ2) is 3.29. The summed E-state index contributed by atoms with van der Waals surface area (Å²) < 4.78 is 6.31. The fraction of sp³-hybridized carbons (Fsp3) is 0.300. The molecule has 13 heavy (non-hydrogen) atoms. The molecular formula is C10H9IO2. The van der Waals surface area contributed by atoms with Crippen LogP contribution in [0.1, 0.15) is 22.3 Å². The predicted molar refractivity (Wildman–Crippen MR) is 58.4 cm³/mol. The largest absolute Gasteiger partial charge is 0.496 e. The maximum absolute atomic E-state index is 11.5. The molecule has 0 unspecified atom stereocenters. The highest BCUT2D eigenvalue weighted by Gasteiger charge is 2.23. The number of hydrogen-bond donors (Lipinski definition) is 0. The Bertz CT molecular complexity index is 371. The summed E-state index contributed by atoms with van der Waals surface area (Å²) in [6.45, 7) is 0. The zero-order valence-corrected chi connectivity index (χ0v) is 9.42. The van der Waals surface area contributed by atoms with Crippen molar-refractivity contribution in [2.24, 2.45) is 0 Å². The van der Waals surface area contributed by atoms with Gasteiger partial charge in [-0.3, -0.25) is 4.79 Å². The SMILES string of the molecule is COc1cc(I)cc2c1C(=O)CC2. The lowest BCUT2D eigenvalue weighted by Crippen LogP contribution is -1.97. The first-order valence-electron chi connectivity index (χ1n) is 4.12. The van der Waals surface area contributed by atoms with Crippen LogP contribution in [0.15, 0.2) is 12.1 Å². The molecule has 1 aromatic carbocycles. The molecule has 0 saturated heterocycles. The van der Waals surface area contributed by atoms with Crippen molar-refractivity contribution in [3.63, 3.8) is 0 Å². The molecule has 0 N–H and O–H groups in total. The number of benzene rings is 1. The highest BCUT2D eigenvalue weighted by molar-refractivity contribution is 14.1. The number of carbonyl (C=O) groups excluding carboxylic acids is 1. The summed E-state index contributed by atoms with van der Waals surface area (Å²) in [5.74, 6) is 0.938. The molecular weight excluding hydrogens is 279 g/mol. The Morgan fingerprint density at radius 3 is 2.85 bits per heavy atom. The van der Waals surface area contributed by atoms with Gasteiger partial charge in [-0.1, -0.05) is 0 Å². The van der Waals surface area contributed by atoms with Crippen LogP contribution in [0.4, 0.5) is 0 Å². The molecule has 0 saturated carbocycles. The van der Waals surface area contributed by atoms with Gasteiger partial charge in [0.25, 0.3) is 0 Å². The quantitative estimate of drug-likeness (QED) is 0.742. The van der Waals surface area contributed by atoms with Gasteiger partial charge in [-0.2, -0.15) is 0 Å². The molecule has 1 aromatic rings. The molecule has 0 amide bonds. The van der Waals surface area contributed by atoms with Crippen LogP contribution in [0.2, 0.25) is 0 Å². The fourth-order valence-electron chi connectivity index (χ4n) is 1.68. The van der Waals surface area contributed by atoms with E-state index in [0.717, 1.165) is 26.9 Å². The Morgan fingerprint density at radius 2 is 2.15 bits per heavy atom. The Morgan fingerprint density at radius 1 is 1.38 bits per heavy atom. The van der Waals surface area contributed by atoms with Crippen LogP contribution in [-0.4, -0.2) is 12.9 Å². The van der Waals surface area contributed by atoms with Gasteiger partial charge in [-0.25, -0.2) is 0 Å². The third-order valence-electron chi connectivity index (χ3n) is 2.27. The molecule has 1 aliphatic carbocycles. The van der Waals surface area contributed by atoms with E-state index >= 15 is 0 Å². The topological polar surface area (TPSA) is 26.3 Å². The summed E-state index contributed by atoms with van der Waals surface area (Å²) in [4.78, 5) is 11.5. The number of hydrogen-bond acceptors (Lipinski definition) is 2. The second-order valence-corrected chi connectivity index (χ2v) is 4.31. The maximum Gasteiger partial charge on any atom is 0.167 e. The van der Waals surface area contributed by atoms with E-state index in [0.29, 0.717) is 6.42 Å². The number of Topliss-reactive ketones (excluding diaryl/α,β-unsaturated/α-hetero) is 1. The van der Waals surface area contributed by atoms with Crippen LogP contribution in [0.3, 0.4) is 0 Å². The Kier molecular flexibility index (Phi) is 2.27. The van der Waals surface area contributed by atoms with Crippen LogP contribution >= 0.6 is 22.6 Å². The van der Waals surface area contributed by atoms with Crippen molar-refractivity contribution in [1.29, 1.82) is 0 Å². The summed E-state index contributed by atoms with van der Waals surface area (Å²) in [7, 11) is 1.61. The number of aryl methyl sites for hydroxylation is 1. The number of fused-ring (bicyclic) bond motifs is 1. The monoisotopic (exact) mass is 288 g/mol. The van der Waals surface area contributed by atoms with Gasteiger partial charge < -0.3 is 4.74 Å². The lowest BCUT2D eigenvalue weighted by Gasteiger charge is -2.06. The maximum atomic E-state index is 11.5. The first kappa shape index (κ1) is 8.99. The van der Waals surface area contributed by atoms with Crippen LogP contribution < -0.4 is 4.74 Å². The Hall–Kier alpha value is -0.580. The lowest BCUT2D eigenvalue weighted by molar-refractivity contribution is 0.0992. The van der Waals surface area contributed by atoms with Crippen LogP contribution in [-0.2, 0) is 6.42 Å². The van der Waals surface area contributed by atoms with E-state index in [9.17, 15) is 4.79 Å². The van der Waals surface area contributed by atoms with E-state index in [4.69, 9.17) is 4.74 Å². The lowest BCUT2D eigenvalue weighted by atomic mass is 10.1. The first-order chi connectivity index (χ1) is 6.22. The van der Waals surface area contributed by atoms with Crippen molar-refractivity contribution < 1.29 is 9.53 Å². The molecule has 0 aromatic heterocycles. The van der Waals surface area contributed by atoms with Crippen molar-refractivity contribution in [1.82, 2.24) is 0 Å². The number of methoxy groups -OCH3 is 1. The van der Waals surface area contributed by atoms with Crippen LogP contribution in [0.5, 0.6) is 5.75 Å². The minimum Gasteiger partial charge on any atom is -0.496 e. The summed E-state index contributed by atoms with van der Waals surface area (Å²) >= 11 is 2.24. The van der Waals surface area contributed by atoms with Crippen molar-refractivity contribution in [2.75, 3.05) is 7.11 Å². The molecule has 0 fully saturated rings. The molecule has 0 spiro atoms. The predicted octanol–water partition coefficient (Wildman–Crippen LogP) is 2.43. The molecule has 0 heterocycles. The Labute approximate surface area is 90.4 Å². The number of halogens is 1. The van der Waals surface area contributed by atoms with Gasteiger partial charge in [0.1, 0.15) is 5.75 Å². The van der Waals surface area contributed by atoms with Crippen molar-refractivity contribution >= 4 is 28.4 Å². The standard InChI is InChI=1S/C10H9IO2/c1-13-9-5-7(11)4-6-2-3-8(12)10(6)9/h4-5H,2-3H2,1H3. The van der Waals surface area contributed by atoms with Crippen molar-refractivity contribution in [2.45, 2.75) is 12.8 Å². The highest BCUT2D eigenvalue weighted by atomic mass is 127. The molecule has 0 bridgehead atoms. The van der Waals surface area contributed by atoms with E-state index in [2.05, 4.69) is 28.7 Å². The van der Waals surface area contributed by atoms with E-state index < -0.39 is 0 Å². The molecule has 1 aliphatic rings. The second-order valence-electron chi connectivity index (χ2n) is 3.07. The number of ketones is 1. The van der Waals surface area contributed by atoms with E-state index in [1.165, 1.54) is 0 Å². The normalized spacial score (nSPS) is 14.5. The zero-order valence-electron chi connectivity index (χ0n) is 7.26. The van der Waals surface area contributed by atoms with Gasteiger partial charge in [0.15, 0.2) is 5.78 Å². The smallest absolute Gasteiger partial charge is 0.167 e. The van der Waals surface area contributed by atoms with Gasteiger partial charge in [-0.05, 0) is 46.7 Å². The van der Waals surface area contributed by atoms with Gasteiger partial charge >= 0.3 is 0 Å². The van der Waals surface area contributed by atoms with Gasteiger partial charge in [0.2, 0.25) is 0 Å². The average molecular weight is 288 g/mol. The molecule has 0 aliphatic heterocycles. The minimum absolute atomic E-state index is 0.211. The molecule has 68 valence electrons. The molecule has 0 atom stereocenters. The summed E-state index contributed by atoms with van der Waals surface area (Å²) in [6, 6.07) is 3.96. The zero-order chi connectivity index (χ0) is 9.42. The van der Waals surface area contributed by atoms with Crippen LogP contribution in [0.25, 0.3) is 0 Å². The third-order valence-corrected chi connectivity index (χ3v) is 2.89. The van der Waals surface area contributed by atoms with Crippen LogP contribution in [0, 0.1) is 3.57 Å². The number of ether oxygens (including phenoxy) is 1. The van der Waals surface area contributed by atoms with E-state index in [-0.39, 0.29) is 5.78 Å². The Balaban J connectivity index is 2.64. The van der Waals surface area contributed by atoms with Gasteiger partial charge in [0, 0.05) is 9.99 Å². The summed E-state index contributed by atoms with van der Waals surface area (Å²) in [5.41, 5.74) is 1.93. The van der Waals surface area contributed by atoms with Crippen molar-refractivity contribution in [3.05, 3.63) is 26.8 Å². The highest BCUT2D eigenvalue weighted by Crippen LogP contribution is 2.32. The summed E-state index contributed by atoms with van der Waals surface area (Å²) in [5, 5.41) is 0. The third kappa shape index (κ3) is 1.45. The van der Waals surface area contributed by atoms with Gasteiger partial charge in [0.05, 0.1) is 12.7 Å². The molecule has 3 heteroatoms. The van der Waals surface area contributed by atoms with Crippen molar-refractivity contribution in [3.8, 4) is 5.75 Å². The minimum atomic E-state index is 0.211. The fourth-order valence-corrected chi connectivity index (χ4v) is 2.34.